The van der Waals surface area contributed by atoms with Gasteiger partial charge in [0.2, 0.25) is 5.91 Å². The second-order valence-corrected chi connectivity index (χ2v) is 9.06. The Balaban J connectivity index is 1.54. The number of para-hydroxylation sites is 3. The summed E-state index contributed by atoms with van der Waals surface area (Å²) in [6.45, 7) is 0.907. The molecule has 1 heterocycles. The number of anilines is 1. The zero-order valence-corrected chi connectivity index (χ0v) is 22.2. The van der Waals surface area contributed by atoms with E-state index in [1.807, 2.05) is 54.7 Å². The summed E-state index contributed by atoms with van der Waals surface area (Å²) in [5.74, 6) is -0.128. The number of carbonyl (C=O) groups is 2. The molecule has 0 aliphatic heterocycles. The molecule has 8 nitrogen and oxygen atoms in total. The number of nitrogens with one attached hydrogen (secondary N) is 2. The van der Waals surface area contributed by atoms with E-state index in [9.17, 15) is 14.0 Å². The molecule has 0 saturated heterocycles. The fourth-order valence-electron chi connectivity index (χ4n) is 4.40. The van der Waals surface area contributed by atoms with Gasteiger partial charge in [-0.1, -0.05) is 48.5 Å². The molecule has 0 radical (unpaired) electrons. The van der Waals surface area contributed by atoms with Crippen LogP contribution in [0.1, 0.15) is 11.1 Å². The summed E-state index contributed by atoms with van der Waals surface area (Å²) in [6.07, 6.45) is 2.58. The molecule has 0 unspecified atom stereocenters. The maximum Gasteiger partial charge on any atom is 0.322 e. The molecular formula is C30H33FN4O4. The van der Waals surface area contributed by atoms with E-state index >= 15 is 0 Å². The number of halogens is 1. The van der Waals surface area contributed by atoms with Crippen LogP contribution in [0, 0.1) is 5.82 Å². The van der Waals surface area contributed by atoms with Gasteiger partial charge in [-0.25, -0.2) is 9.18 Å². The lowest BCUT2D eigenvalue weighted by Gasteiger charge is -2.28. The molecule has 9 heteroatoms. The largest absolute Gasteiger partial charge is 0.496 e. The van der Waals surface area contributed by atoms with Crippen molar-refractivity contribution in [2.75, 3.05) is 45.8 Å². The van der Waals surface area contributed by atoms with E-state index in [0.717, 1.165) is 22.0 Å². The number of aromatic amines is 1. The van der Waals surface area contributed by atoms with Crippen LogP contribution in [0.2, 0.25) is 0 Å². The van der Waals surface area contributed by atoms with Gasteiger partial charge in [0.25, 0.3) is 0 Å². The van der Waals surface area contributed by atoms with Gasteiger partial charge in [0.05, 0.1) is 19.4 Å². The Morgan fingerprint density at radius 2 is 1.64 bits per heavy atom. The molecule has 0 saturated carbocycles. The Morgan fingerprint density at radius 3 is 2.44 bits per heavy atom. The smallest absolute Gasteiger partial charge is 0.322 e. The number of carbonyl (C=O) groups excluding carboxylic acids is 2. The van der Waals surface area contributed by atoms with E-state index in [2.05, 4.69) is 10.3 Å². The van der Waals surface area contributed by atoms with Crippen molar-refractivity contribution in [2.45, 2.75) is 13.0 Å². The summed E-state index contributed by atoms with van der Waals surface area (Å²) in [5, 5.41) is 3.67. The third-order valence-electron chi connectivity index (χ3n) is 6.53. The van der Waals surface area contributed by atoms with E-state index in [1.165, 1.54) is 24.1 Å². The molecule has 204 valence electrons. The third-order valence-corrected chi connectivity index (χ3v) is 6.53. The monoisotopic (exact) mass is 532 g/mol. The first-order valence-corrected chi connectivity index (χ1v) is 12.7. The summed E-state index contributed by atoms with van der Waals surface area (Å²) in [7, 11) is 3.11. The minimum absolute atomic E-state index is 0.0441. The van der Waals surface area contributed by atoms with Crippen molar-refractivity contribution in [3.05, 3.63) is 95.9 Å². The molecule has 4 rings (SSSR count). The van der Waals surface area contributed by atoms with E-state index < -0.39 is 11.8 Å². The highest BCUT2D eigenvalue weighted by Crippen LogP contribution is 2.22. The highest BCUT2D eigenvalue weighted by Gasteiger charge is 2.23. The highest BCUT2D eigenvalue weighted by atomic mass is 19.1. The Labute approximate surface area is 227 Å². The van der Waals surface area contributed by atoms with Crippen molar-refractivity contribution in [2.24, 2.45) is 0 Å². The van der Waals surface area contributed by atoms with E-state index in [1.54, 1.807) is 24.1 Å². The van der Waals surface area contributed by atoms with Gasteiger partial charge >= 0.3 is 6.03 Å². The second kappa shape index (κ2) is 13.4. The topological polar surface area (TPSA) is 86.9 Å². The lowest BCUT2D eigenvalue weighted by Crippen LogP contribution is -2.46. The van der Waals surface area contributed by atoms with Gasteiger partial charge < -0.3 is 29.6 Å². The first-order chi connectivity index (χ1) is 19.0. The fourth-order valence-corrected chi connectivity index (χ4v) is 4.40. The van der Waals surface area contributed by atoms with Gasteiger partial charge in [0.15, 0.2) is 0 Å². The van der Waals surface area contributed by atoms with Crippen LogP contribution in [-0.2, 0) is 22.5 Å². The molecular weight excluding hydrogens is 499 g/mol. The first-order valence-electron chi connectivity index (χ1n) is 12.7. The van der Waals surface area contributed by atoms with Crippen molar-refractivity contribution in [3.8, 4) is 5.75 Å². The lowest BCUT2D eigenvalue weighted by molar-refractivity contribution is -0.132. The number of hydrogen-bond acceptors (Lipinski definition) is 4. The summed E-state index contributed by atoms with van der Waals surface area (Å²) in [5.41, 5.74) is 3.02. The molecule has 3 amide bonds. The maximum absolute atomic E-state index is 14.2. The predicted octanol–water partition coefficient (Wildman–Crippen LogP) is 5.07. The third kappa shape index (κ3) is 7.14. The van der Waals surface area contributed by atoms with Crippen LogP contribution in [0.15, 0.2) is 79.0 Å². The van der Waals surface area contributed by atoms with Gasteiger partial charge in [-0.3, -0.25) is 4.79 Å². The van der Waals surface area contributed by atoms with Crippen LogP contribution in [0.3, 0.4) is 0 Å². The number of hydrogen-bond donors (Lipinski definition) is 2. The van der Waals surface area contributed by atoms with Gasteiger partial charge in [-0.2, -0.15) is 0 Å². The normalized spacial score (nSPS) is 10.8. The molecule has 39 heavy (non-hydrogen) atoms. The first kappa shape index (κ1) is 27.7. The summed E-state index contributed by atoms with van der Waals surface area (Å²) >= 11 is 0. The number of urea groups is 1. The number of H-pyrrole nitrogens is 1. The summed E-state index contributed by atoms with van der Waals surface area (Å²) < 4.78 is 24.8. The Kier molecular flexibility index (Phi) is 9.53. The number of amides is 3. The van der Waals surface area contributed by atoms with Gasteiger partial charge in [-0.15, -0.1) is 0 Å². The van der Waals surface area contributed by atoms with Crippen LogP contribution >= 0.6 is 0 Å². The van der Waals surface area contributed by atoms with Crippen molar-refractivity contribution < 1.29 is 23.5 Å². The molecule has 3 aromatic carbocycles. The standard InChI is InChI=1S/C30H33FN4O4/c1-38-18-17-35(30(37)33-27-13-7-5-11-25(27)31)21-29(36)34(20-23-9-3-8-14-28(23)39-2)16-15-22-19-32-26-12-6-4-10-24(22)26/h3-14,19,32H,15-18,20-21H2,1-2H3,(H,33,37). The Bertz CT molecular complexity index is 1410. The average Bonchev–Trinajstić information content (AvgIpc) is 3.37. The number of benzene rings is 3. The van der Waals surface area contributed by atoms with Crippen molar-refractivity contribution >= 4 is 28.5 Å². The number of nitrogens with zero attached hydrogens (tertiary/aromatic N) is 2. The molecule has 0 aliphatic rings. The Hall–Kier alpha value is -4.37. The van der Waals surface area contributed by atoms with Crippen LogP contribution in [0.5, 0.6) is 5.75 Å². The number of methoxy groups -OCH3 is 2. The minimum atomic E-state index is -0.584. The number of aromatic nitrogens is 1. The summed E-state index contributed by atoms with van der Waals surface area (Å²) in [6, 6.07) is 20.9. The Morgan fingerprint density at radius 1 is 0.897 bits per heavy atom. The number of rotatable bonds is 12. The van der Waals surface area contributed by atoms with E-state index in [-0.39, 0.29) is 31.3 Å². The quantitative estimate of drug-likeness (QED) is 0.267. The lowest BCUT2D eigenvalue weighted by atomic mass is 10.1. The molecule has 2 N–H and O–H groups in total. The fraction of sp³-hybridized carbons (Fsp3) is 0.267. The molecule has 0 spiro atoms. The zero-order valence-electron chi connectivity index (χ0n) is 22.2. The van der Waals surface area contributed by atoms with Crippen LogP contribution < -0.4 is 10.1 Å². The van der Waals surface area contributed by atoms with Crippen molar-refractivity contribution in [3.63, 3.8) is 0 Å². The van der Waals surface area contributed by atoms with Gasteiger partial charge in [-0.05, 0) is 36.2 Å². The molecule has 4 aromatic rings. The van der Waals surface area contributed by atoms with Crippen LogP contribution in [0.4, 0.5) is 14.9 Å². The molecule has 0 atom stereocenters. The molecule has 0 fully saturated rings. The van der Waals surface area contributed by atoms with Gasteiger partial charge in [0.1, 0.15) is 18.1 Å². The van der Waals surface area contributed by atoms with Crippen LogP contribution in [0.25, 0.3) is 10.9 Å². The molecule has 0 bridgehead atoms. The van der Waals surface area contributed by atoms with Crippen molar-refractivity contribution in [1.29, 1.82) is 0 Å². The van der Waals surface area contributed by atoms with Crippen molar-refractivity contribution in [1.82, 2.24) is 14.8 Å². The number of fused-ring (bicyclic) bond motifs is 1. The summed E-state index contributed by atoms with van der Waals surface area (Å²) in [4.78, 5) is 33.1. The van der Waals surface area contributed by atoms with E-state index in [0.29, 0.717) is 25.3 Å². The zero-order chi connectivity index (χ0) is 27.6. The second-order valence-electron chi connectivity index (χ2n) is 9.06. The predicted molar refractivity (Wildman–Crippen MR) is 149 cm³/mol. The number of ether oxygens (including phenoxy) is 2. The average molecular weight is 533 g/mol. The minimum Gasteiger partial charge on any atom is -0.496 e. The highest BCUT2D eigenvalue weighted by molar-refractivity contribution is 5.92. The molecule has 1 aromatic heterocycles. The molecule has 0 aliphatic carbocycles. The maximum atomic E-state index is 14.2. The van der Waals surface area contributed by atoms with E-state index in [4.69, 9.17) is 9.47 Å². The SMILES string of the molecule is COCCN(CC(=O)N(CCc1c[nH]c2ccccc12)Cc1ccccc1OC)C(=O)Nc1ccccc1F. The van der Waals surface area contributed by atoms with Gasteiger partial charge in [0, 0.05) is 49.4 Å². The van der Waals surface area contributed by atoms with Crippen LogP contribution in [-0.4, -0.2) is 67.2 Å².